The topological polar surface area (TPSA) is 84.3 Å². The summed E-state index contributed by atoms with van der Waals surface area (Å²) >= 11 is 0. The third-order valence-electron chi connectivity index (χ3n) is 4.31. The number of nitrogens with one attached hydrogen (secondary N) is 2. The molecule has 1 fully saturated rings. The first-order valence-electron chi connectivity index (χ1n) is 7.77. The van der Waals surface area contributed by atoms with Gasteiger partial charge in [0, 0.05) is 24.6 Å². The van der Waals surface area contributed by atoms with Crippen molar-refractivity contribution in [2.75, 3.05) is 13.1 Å². The fraction of sp³-hybridized carbons (Fsp3) is 0.562. The highest BCUT2D eigenvalue weighted by Gasteiger charge is 2.22. The number of nitro benzene ring substituents is 1. The van der Waals surface area contributed by atoms with Crippen LogP contribution in [0.25, 0.3) is 0 Å². The van der Waals surface area contributed by atoms with Gasteiger partial charge in [0.05, 0.1) is 4.92 Å². The molecule has 7 heteroatoms. The fourth-order valence-corrected chi connectivity index (χ4v) is 2.93. The van der Waals surface area contributed by atoms with Crippen LogP contribution in [0, 0.1) is 22.0 Å². The van der Waals surface area contributed by atoms with E-state index in [-0.39, 0.29) is 30.5 Å². The molecule has 1 aromatic carbocycles. The van der Waals surface area contributed by atoms with Gasteiger partial charge in [0.15, 0.2) is 0 Å². The molecule has 1 aliphatic heterocycles. The Bertz CT molecular complexity index is 533. The largest absolute Gasteiger partial charge is 0.352 e. The lowest BCUT2D eigenvalue weighted by Crippen LogP contribution is -2.35. The summed E-state index contributed by atoms with van der Waals surface area (Å²) in [5, 5.41) is 17.1. The number of carbonyl (C=O) groups is 1. The molecular formula is C16H24ClN3O3. The molecule has 1 amide bonds. The van der Waals surface area contributed by atoms with Gasteiger partial charge in [0.25, 0.3) is 5.69 Å². The van der Waals surface area contributed by atoms with Crippen molar-refractivity contribution in [3.8, 4) is 0 Å². The van der Waals surface area contributed by atoms with Crippen molar-refractivity contribution in [3.05, 3.63) is 39.9 Å². The second-order valence-corrected chi connectivity index (χ2v) is 5.95. The number of carbonyl (C=O) groups excluding carboxylic acids is 1. The summed E-state index contributed by atoms with van der Waals surface area (Å²) in [6.07, 6.45) is 2.78. The lowest BCUT2D eigenvalue weighted by atomic mass is 9.85. The monoisotopic (exact) mass is 341 g/mol. The minimum absolute atomic E-state index is 0. The molecule has 0 bridgehead atoms. The molecule has 0 saturated carbocycles. The maximum Gasteiger partial charge on any atom is 0.274 e. The van der Waals surface area contributed by atoms with Gasteiger partial charge >= 0.3 is 0 Å². The number of hydrogen-bond acceptors (Lipinski definition) is 4. The standard InChI is InChI=1S/C16H23N3O3.ClH/c1-12(13-6-4-8-17-10-13)9-16(20)18-11-14-5-2-3-7-15(14)19(21)22;/h2-3,5,7,12-13,17H,4,6,8-11H2,1H3,(H,18,20);1H. The van der Waals surface area contributed by atoms with Crippen LogP contribution in [0.5, 0.6) is 0 Å². The van der Waals surface area contributed by atoms with E-state index in [4.69, 9.17) is 0 Å². The molecule has 1 heterocycles. The second kappa shape index (κ2) is 9.47. The molecule has 2 rings (SSSR count). The van der Waals surface area contributed by atoms with Crippen LogP contribution in [0.4, 0.5) is 5.69 Å². The van der Waals surface area contributed by atoms with E-state index in [2.05, 4.69) is 17.6 Å². The SMILES string of the molecule is CC(CC(=O)NCc1ccccc1[N+](=O)[O-])C1CCCNC1.Cl. The highest BCUT2D eigenvalue weighted by Crippen LogP contribution is 2.22. The number of benzene rings is 1. The third-order valence-corrected chi connectivity index (χ3v) is 4.31. The van der Waals surface area contributed by atoms with E-state index in [9.17, 15) is 14.9 Å². The fourth-order valence-electron chi connectivity index (χ4n) is 2.93. The molecule has 1 aliphatic rings. The van der Waals surface area contributed by atoms with Gasteiger partial charge in [-0.2, -0.15) is 0 Å². The van der Waals surface area contributed by atoms with E-state index < -0.39 is 4.92 Å². The van der Waals surface area contributed by atoms with E-state index in [1.165, 1.54) is 6.07 Å². The summed E-state index contributed by atoms with van der Waals surface area (Å²) in [5.74, 6) is 0.806. The average molecular weight is 342 g/mol. The number of piperidine rings is 1. The van der Waals surface area contributed by atoms with Crippen LogP contribution < -0.4 is 10.6 Å². The van der Waals surface area contributed by atoms with Crippen molar-refractivity contribution in [3.63, 3.8) is 0 Å². The highest BCUT2D eigenvalue weighted by molar-refractivity contribution is 5.85. The lowest BCUT2D eigenvalue weighted by molar-refractivity contribution is -0.385. The summed E-state index contributed by atoms with van der Waals surface area (Å²) < 4.78 is 0. The number of amides is 1. The Hall–Kier alpha value is -1.66. The molecule has 6 nitrogen and oxygen atoms in total. The molecule has 2 N–H and O–H groups in total. The van der Waals surface area contributed by atoms with Gasteiger partial charge in [0.1, 0.15) is 0 Å². The van der Waals surface area contributed by atoms with Crippen LogP contribution in [0.2, 0.25) is 0 Å². The van der Waals surface area contributed by atoms with Crippen molar-refractivity contribution in [1.82, 2.24) is 10.6 Å². The van der Waals surface area contributed by atoms with E-state index in [1.54, 1.807) is 18.2 Å². The number of halogens is 1. The molecule has 0 spiro atoms. The second-order valence-electron chi connectivity index (χ2n) is 5.95. The first kappa shape index (κ1) is 19.4. The van der Waals surface area contributed by atoms with Crippen LogP contribution in [0.1, 0.15) is 31.7 Å². The average Bonchev–Trinajstić information content (AvgIpc) is 2.54. The zero-order valence-corrected chi connectivity index (χ0v) is 14.1. The van der Waals surface area contributed by atoms with Crippen LogP contribution in [-0.2, 0) is 11.3 Å². The molecule has 0 radical (unpaired) electrons. The van der Waals surface area contributed by atoms with Gasteiger partial charge in [0.2, 0.25) is 5.91 Å². The lowest BCUT2D eigenvalue weighted by Gasteiger charge is -2.28. The Morgan fingerprint density at radius 3 is 2.87 bits per heavy atom. The zero-order valence-electron chi connectivity index (χ0n) is 13.3. The summed E-state index contributed by atoms with van der Waals surface area (Å²) in [6, 6.07) is 6.50. The van der Waals surface area contributed by atoms with Crippen molar-refractivity contribution in [1.29, 1.82) is 0 Å². The van der Waals surface area contributed by atoms with E-state index >= 15 is 0 Å². The highest BCUT2D eigenvalue weighted by atomic mass is 35.5. The Labute approximate surface area is 142 Å². The van der Waals surface area contributed by atoms with Crippen molar-refractivity contribution >= 4 is 24.0 Å². The Balaban J connectivity index is 0.00000264. The Kier molecular flexibility index (Phi) is 7.98. The van der Waals surface area contributed by atoms with Crippen LogP contribution >= 0.6 is 12.4 Å². The molecule has 1 aromatic rings. The van der Waals surface area contributed by atoms with Gasteiger partial charge in [-0.15, -0.1) is 12.4 Å². The zero-order chi connectivity index (χ0) is 15.9. The maximum atomic E-state index is 12.0. The summed E-state index contributed by atoms with van der Waals surface area (Å²) in [5.41, 5.74) is 0.583. The minimum Gasteiger partial charge on any atom is -0.352 e. The first-order chi connectivity index (χ1) is 10.6. The molecule has 2 unspecified atom stereocenters. The van der Waals surface area contributed by atoms with Gasteiger partial charge in [-0.3, -0.25) is 14.9 Å². The number of rotatable bonds is 6. The smallest absolute Gasteiger partial charge is 0.274 e. The molecule has 0 aliphatic carbocycles. The first-order valence-corrected chi connectivity index (χ1v) is 7.77. The van der Waals surface area contributed by atoms with Crippen molar-refractivity contribution in [2.24, 2.45) is 11.8 Å². The van der Waals surface area contributed by atoms with E-state index in [0.29, 0.717) is 23.8 Å². The summed E-state index contributed by atoms with van der Waals surface area (Å²) in [7, 11) is 0. The Morgan fingerprint density at radius 2 is 2.22 bits per heavy atom. The quantitative estimate of drug-likeness (QED) is 0.615. The van der Waals surface area contributed by atoms with Gasteiger partial charge < -0.3 is 10.6 Å². The van der Waals surface area contributed by atoms with Gasteiger partial charge in [-0.25, -0.2) is 0 Å². The summed E-state index contributed by atoms with van der Waals surface area (Å²) in [6.45, 7) is 4.33. The normalized spacial score (nSPS) is 18.6. The predicted molar refractivity (Wildman–Crippen MR) is 91.6 cm³/mol. The maximum absolute atomic E-state index is 12.0. The molecule has 128 valence electrons. The number of nitro groups is 1. The molecule has 1 saturated heterocycles. The van der Waals surface area contributed by atoms with Gasteiger partial charge in [-0.05, 0) is 37.8 Å². The minimum atomic E-state index is -0.419. The summed E-state index contributed by atoms with van der Waals surface area (Å²) in [4.78, 5) is 22.6. The van der Waals surface area contributed by atoms with Crippen LogP contribution in [-0.4, -0.2) is 23.9 Å². The predicted octanol–water partition coefficient (Wildman–Crippen LogP) is 2.66. The Morgan fingerprint density at radius 1 is 1.48 bits per heavy atom. The molecule has 23 heavy (non-hydrogen) atoms. The molecule has 0 aromatic heterocycles. The third kappa shape index (κ3) is 5.80. The van der Waals surface area contributed by atoms with E-state index in [0.717, 1.165) is 25.9 Å². The van der Waals surface area contributed by atoms with Crippen LogP contribution in [0.15, 0.2) is 24.3 Å². The van der Waals surface area contributed by atoms with Gasteiger partial charge in [-0.1, -0.05) is 25.1 Å². The van der Waals surface area contributed by atoms with Crippen LogP contribution in [0.3, 0.4) is 0 Å². The molecule has 2 atom stereocenters. The number of hydrogen-bond donors (Lipinski definition) is 2. The van der Waals surface area contributed by atoms with E-state index in [1.807, 2.05) is 0 Å². The van der Waals surface area contributed by atoms with Crippen molar-refractivity contribution in [2.45, 2.75) is 32.7 Å². The number of para-hydroxylation sites is 1. The number of nitrogens with zero attached hydrogens (tertiary/aromatic N) is 1. The molecular weight excluding hydrogens is 318 g/mol. The van der Waals surface area contributed by atoms with Crippen molar-refractivity contribution < 1.29 is 9.72 Å².